The number of aromatic nitrogens is 1. The summed E-state index contributed by atoms with van der Waals surface area (Å²) < 4.78 is 33.3. The van der Waals surface area contributed by atoms with Crippen LogP contribution in [0.3, 0.4) is 0 Å². The number of fused-ring (bicyclic) bond motifs is 1. The number of nitrogens with two attached hydrogens (primary N) is 1. The number of rotatable bonds is 3. The van der Waals surface area contributed by atoms with E-state index in [0.29, 0.717) is 31.8 Å². The van der Waals surface area contributed by atoms with Crippen LogP contribution in [0.5, 0.6) is 11.5 Å². The maximum Gasteiger partial charge on any atom is 0.511 e. The van der Waals surface area contributed by atoms with Crippen LogP contribution in [-0.2, 0) is 4.74 Å². The molecule has 2 saturated heterocycles. The summed E-state index contributed by atoms with van der Waals surface area (Å²) in [7, 11) is 1.69. The Labute approximate surface area is 182 Å². The topological polar surface area (TPSA) is 119 Å². The molecule has 2 fully saturated rings. The van der Waals surface area contributed by atoms with Crippen LogP contribution < -0.4 is 30.5 Å². The first-order valence-corrected chi connectivity index (χ1v) is 9.60. The molecule has 0 aliphatic carbocycles. The van der Waals surface area contributed by atoms with Crippen molar-refractivity contribution in [3.8, 4) is 11.5 Å². The summed E-state index contributed by atoms with van der Waals surface area (Å²) in [4.78, 5) is 25.6. The number of nitrogens with zero attached hydrogens (tertiary/aromatic N) is 3. The van der Waals surface area contributed by atoms with Crippen LogP contribution in [-0.4, -0.2) is 61.6 Å². The van der Waals surface area contributed by atoms with E-state index in [1.165, 1.54) is 6.20 Å². The smallest absolute Gasteiger partial charge is 0.467 e. The first kappa shape index (κ1) is 21.5. The molecule has 10 nitrogen and oxygen atoms in total. The van der Waals surface area contributed by atoms with Gasteiger partial charge in [-0.15, -0.1) is 12.4 Å². The van der Waals surface area contributed by atoms with Gasteiger partial charge in [0.05, 0.1) is 11.6 Å². The van der Waals surface area contributed by atoms with Crippen molar-refractivity contribution >= 4 is 35.2 Å². The molecule has 0 saturated carbocycles. The Balaban J connectivity index is 0.00000231. The van der Waals surface area contributed by atoms with Gasteiger partial charge in [0.1, 0.15) is 16.8 Å². The average molecular weight is 457 g/mol. The third kappa shape index (κ3) is 3.07. The van der Waals surface area contributed by atoms with Crippen molar-refractivity contribution in [1.82, 2.24) is 4.68 Å². The largest absolute Gasteiger partial charge is 0.511 e. The van der Waals surface area contributed by atoms with Crippen molar-refractivity contribution in [1.29, 1.82) is 0 Å². The van der Waals surface area contributed by atoms with Gasteiger partial charge in [0.2, 0.25) is 11.2 Å². The zero-order chi connectivity index (χ0) is 21.2. The van der Waals surface area contributed by atoms with Gasteiger partial charge in [-0.05, 0) is 12.5 Å². The summed E-state index contributed by atoms with van der Waals surface area (Å²) in [5.41, 5.74) is 5.35. The maximum absolute atomic E-state index is 15.3. The third-order valence-corrected chi connectivity index (χ3v) is 6.24. The van der Waals surface area contributed by atoms with Gasteiger partial charge in [-0.25, -0.2) is 9.18 Å². The number of hydrogen-bond donors (Lipinski definition) is 2. The highest BCUT2D eigenvalue weighted by Gasteiger charge is 2.51. The number of pyridine rings is 1. The first-order valence-electron chi connectivity index (χ1n) is 9.60. The normalized spacial score (nSPS) is 24.0. The SMILES string of the molecule is CN1COc2c(N3CC4CCOC4(CN)C3)c(F)cc3c(=O)c(OC(=O)O)cn1c23.Cl. The zero-order valence-corrected chi connectivity index (χ0v) is 17.5. The Bertz CT molecular complexity index is 1130. The average Bonchev–Trinajstić information content (AvgIpc) is 3.24. The molecule has 1 aromatic carbocycles. The Morgan fingerprint density at radius 3 is 2.94 bits per heavy atom. The second-order valence-corrected chi connectivity index (χ2v) is 7.88. The van der Waals surface area contributed by atoms with Crippen LogP contribution in [0.1, 0.15) is 6.42 Å². The molecule has 3 N–H and O–H groups in total. The van der Waals surface area contributed by atoms with Crippen LogP contribution in [0, 0.1) is 11.7 Å². The molecule has 0 amide bonds. The Morgan fingerprint density at radius 2 is 2.26 bits per heavy atom. The lowest BCUT2D eigenvalue weighted by Gasteiger charge is -2.34. The van der Waals surface area contributed by atoms with Crippen molar-refractivity contribution in [3.63, 3.8) is 0 Å². The molecule has 31 heavy (non-hydrogen) atoms. The van der Waals surface area contributed by atoms with Gasteiger partial charge in [0.15, 0.2) is 18.3 Å². The molecule has 3 aliphatic heterocycles. The second-order valence-electron chi connectivity index (χ2n) is 7.88. The van der Waals surface area contributed by atoms with Crippen LogP contribution in [0.25, 0.3) is 10.9 Å². The molecule has 4 heterocycles. The summed E-state index contributed by atoms with van der Waals surface area (Å²) >= 11 is 0. The van der Waals surface area contributed by atoms with E-state index in [9.17, 15) is 9.59 Å². The van der Waals surface area contributed by atoms with E-state index >= 15 is 4.39 Å². The predicted molar refractivity (Wildman–Crippen MR) is 112 cm³/mol. The van der Waals surface area contributed by atoms with Gasteiger partial charge in [0.25, 0.3) is 0 Å². The number of carbonyl (C=O) groups is 1. The fourth-order valence-electron chi connectivity index (χ4n) is 4.79. The van der Waals surface area contributed by atoms with Crippen LogP contribution in [0.2, 0.25) is 0 Å². The van der Waals surface area contributed by atoms with Gasteiger partial charge in [-0.2, -0.15) is 0 Å². The fraction of sp³-hybridized carbons (Fsp3) is 0.474. The molecule has 0 bridgehead atoms. The van der Waals surface area contributed by atoms with E-state index in [-0.39, 0.29) is 41.9 Å². The van der Waals surface area contributed by atoms with E-state index in [4.69, 9.17) is 20.3 Å². The minimum atomic E-state index is -1.62. The predicted octanol–water partition coefficient (Wildman–Crippen LogP) is 1.09. The molecular formula is C19H22ClFN4O6. The monoisotopic (exact) mass is 456 g/mol. The molecular weight excluding hydrogens is 435 g/mol. The standard InChI is InChI=1S/C19H21FN4O6.ClH/c1-22-9-28-17-14-11(16(25)13(6-24(14)22)30-18(26)27)4-12(20)15(17)23-5-10-2-3-29-19(10,7-21)8-23;/h4,6,10H,2-3,5,7-9,21H2,1H3,(H,26,27);1H. The summed E-state index contributed by atoms with van der Waals surface area (Å²) in [6.07, 6.45) is 0.500. The van der Waals surface area contributed by atoms with E-state index in [1.807, 2.05) is 4.90 Å². The van der Waals surface area contributed by atoms with Gasteiger partial charge >= 0.3 is 6.16 Å². The van der Waals surface area contributed by atoms with Crippen molar-refractivity contribution in [2.45, 2.75) is 12.0 Å². The van der Waals surface area contributed by atoms with E-state index < -0.39 is 28.8 Å². The molecule has 2 aromatic rings. The maximum atomic E-state index is 15.3. The molecule has 1 aromatic heterocycles. The van der Waals surface area contributed by atoms with Crippen molar-refractivity contribution < 1.29 is 28.5 Å². The number of hydrogen-bond acceptors (Lipinski definition) is 8. The summed E-state index contributed by atoms with van der Waals surface area (Å²) in [5.74, 6) is -0.628. The Hall–Kier alpha value is -2.76. The Morgan fingerprint density at radius 1 is 1.48 bits per heavy atom. The van der Waals surface area contributed by atoms with Crippen LogP contribution >= 0.6 is 12.4 Å². The highest BCUT2D eigenvalue weighted by atomic mass is 35.5. The lowest BCUT2D eigenvalue weighted by molar-refractivity contribution is 0.0126. The van der Waals surface area contributed by atoms with Gasteiger partial charge < -0.3 is 30.0 Å². The van der Waals surface area contributed by atoms with Crippen molar-refractivity contribution in [2.75, 3.05) is 49.9 Å². The summed E-state index contributed by atoms with van der Waals surface area (Å²) in [6.45, 7) is 2.03. The van der Waals surface area contributed by atoms with E-state index in [2.05, 4.69) is 4.74 Å². The lowest BCUT2D eigenvalue weighted by atomic mass is 9.91. The van der Waals surface area contributed by atoms with Crippen LogP contribution in [0.4, 0.5) is 14.9 Å². The molecule has 2 atom stereocenters. The quantitative estimate of drug-likeness (QED) is 0.654. The lowest BCUT2D eigenvalue weighted by Crippen LogP contribution is -2.44. The van der Waals surface area contributed by atoms with Crippen molar-refractivity contribution in [2.24, 2.45) is 11.7 Å². The number of ether oxygens (including phenoxy) is 3. The van der Waals surface area contributed by atoms with Gasteiger partial charge in [-0.1, -0.05) is 0 Å². The zero-order valence-electron chi connectivity index (χ0n) is 16.7. The molecule has 2 unspecified atom stereocenters. The third-order valence-electron chi connectivity index (χ3n) is 6.24. The second kappa shape index (κ2) is 7.43. The van der Waals surface area contributed by atoms with Gasteiger partial charge in [-0.3, -0.25) is 14.5 Å². The number of anilines is 1. The Kier molecular flexibility index (Phi) is 5.15. The number of carboxylic acid groups (broad SMARTS) is 1. The molecule has 168 valence electrons. The minimum Gasteiger partial charge on any atom is -0.467 e. The van der Waals surface area contributed by atoms with E-state index in [1.54, 1.807) is 16.7 Å². The summed E-state index contributed by atoms with van der Waals surface area (Å²) in [5, 5.41) is 10.5. The summed E-state index contributed by atoms with van der Waals surface area (Å²) in [6, 6.07) is 1.11. The minimum absolute atomic E-state index is 0. The molecule has 0 spiro atoms. The molecule has 12 heteroatoms. The number of benzene rings is 1. The van der Waals surface area contributed by atoms with Crippen LogP contribution in [0.15, 0.2) is 17.1 Å². The fourth-order valence-corrected chi connectivity index (χ4v) is 4.79. The molecule has 3 aliphatic rings. The molecule has 5 rings (SSSR count). The number of halogens is 2. The first-order chi connectivity index (χ1) is 14.3. The van der Waals surface area contributed by atoms with E-state index in [0.717, 1.165) is 12.5 Å². The van der Waals surface area contributed by atoms with Gasteiger partial charge in [0, 0.05) is 39.2 Å². The highest BCUT2D eigenvalue weighted by Crippen LogP contribution is 2.46. The van der Waals surface area contributed by atoms with Crippen molar-refractivity contribution in [3.05, 3.63) is 28.3 Å². The molecule has 0 radical (unpaired) electrons. The highest BCUT2D eigenvalue weighted by molar-refractivity contribution is 5.93.